The minimum absolute atomic E-state index is 0.120. The van der Waals surface area contributed by atoms with E-state index in [4.69, 9.17) is 5.73 Å². The minimum atomic E-state index is -0.367. The number of hydrogen-bond donors (Lipinski definition) is 2. The number of hydrogen-bond acceptors (Lipinski definition) is 5. The summed E-state index contributed by atoms with van der Waals surface area (Å²) in [6, 6.07) is 16.5. The fraction of sp³-hybridized carbons (Fsp3) is 0.190. The SMILES string of the molecule is CC(C)Nc1nc(-c2ccccc2F)c2c(N)n(Cc3ccccc3)nc2n1. The zero-order valence-electron chi connectivity index (χ0n) is 15.7. The molecule has 0 unspecified atom stereocenters. The van der Waals surface area contributed by atoms with E-state index in [0.717, 1.165) is 5.56 Å². The number of aromatic nitrogens is 4. The van der Waals surface area contributed by atoms with Crippen LogP contribution in [-0.2, 0) is 6.54 Å². The van der Waals surface area contributed by atoms with Crippen molar-refractivity contribution in [3.05, 3.63) is 66.0 Å². The van der Waals surface area contributed by atoms with Crippen molar-refractivity contribution in [3.63, 3.8) is 0 Å². The third-order valence-electron chi connectivity index (χ3n) is 4.36. The van der Waals surface area contributed by atoms with Crippen molar-refractivity contribution in [1.82, 2.24) is 19.7 Å². The Morgan fingerprint density at radius 3 is 2.46 bits per heavy atom. The van der Waals surface area contributed by atoms with Crippen molar-refractivity contribution < 1.29 is 4.39 Å². The Labute approximate surface area is 162 Å². The topological polar surface area (TPSA) is 81.6 Å². The summed E-state index contributed by atoms with van der Waals surface area (Å²) in [7, 11) is 0. The summed E-state index contributed by atoms with van der Waals surface area (Å²) in [6.07, 6.45) is 0. The molecule has 142 valence electrons. The van der Waals surface area contributed by atoms with Gasteiger partial charge in [0.1, 0.15) is 11.6 Å². The molecular weight excluding hydrogens is 355 g/mol. The van der Waals surface area contributed by atoms with Crippen LogP contribution in [-0.4, -0.2) is 25.8 Å². The van der Waals surface area contributed by atoms with Crippen molar-refractivity contribution in [2.24, 2.45) is 0 Å². The molecule has 2 aromatic carbocycles. The van der Waals surface area contributed by atoms with Crippen LogP contribution in [0.4, 0.5) is 16.2 Å². The summed E-state index contributed by atoms with van der Waals surface area (Å²) in [5, 5.41) is 8.29. The molecule has 28 heavy (non-hydrogen) atoms. The average Bonchev–Trinajstić information content (AvgIpc) is 2.97. The summed E-state index contributed by atoms with van der Waals surface area (Å²) in [6.45, 7) is 4.46. The van der Waals surface area contributed by atoms with E-state index in [0.29, 0.717) is 40.6 Å². The second kappa shape index (κ2) is 7.26. The lowest BCUT2D eigenvalue weighted by atomic mass is 10.1. The van der Waals surface area contributed by atoms with Gasteiger partial charge in [-0.15, -0.1) is 5.10 Å². The summed E-state index contributed by atoms with van der Waals surface area (Å²) >= 11 is 0. The maximum absolute atomic E-state index is 14.5. The number of benzene rings is 2. The van der Waals surface area contributed by atoms with Crippen LogP contribution in [0.2, 0.25) is 0 Å². The van der Waals surface area contributed by atoms with Gasteiger partial charge in [0, 0.05) is 11.6 Å². The van der Waals surface area contributed by atoms with Crippen molar-refractivity contribution in [1.29, 1.82) is 0 Å². The Balaban J connectivity index is 1.91. The summed E-state index contributed by atoms with van der Waals surface area (Å²) < 4.78 is 16.2. The van der Waals surface area contributed by atoms with Crippen LogP contribution in [0, 0.1) is 5.82 Å². The van der Waals surface area contributed by atoms with Crippen LogP contribution in [0.1, 0.15) is 19.4 Å². The first kappa shape index (κ1) is 17.9. The van der Waals surface area contributed by atoms with E-state index in [-0.39, 0.29) is 11.9 Å². The standard InChI is InChI=1S/C21H21FN6/c1-13(2)24-21-25-18(15-10-6-7-11-16(15)22)17-19(23)28(27-20(17)26-21)12-14-8-4-3-5-9-14/h3-11,13H,12,23H2,1-2H3,(H,24,26,27). The summed E-state index contributed by atoms with van der Waals surface area (Å²) in [5.41, 5.74) is 8.70. The van der Waals surface area contributed by atoms with Crippen molar-refractivity contribution >= 4 is 22.8 Å². The predicted octanol–water partition coefficient (Wildman–Crippen LogP) is 4.08. The quantitative estimate of drug-likeness (QED) is 0.548. The molecule has 0 aliphatic carbocycles. The lowest BCUT2D eigenvalue weighted by Crippen LogP contribution is -2.13. The van der Waals surface area contributed by atoms with E-state index < -0.39 is 0 Å². The van der Waals surface area contributed by atoms with E-state index in [2.05, 4.69) is 20.4 Å². The predicted molar refractivity (Wildman–Crippen MR) is 109 cm³/mol. The Hall–Kier alpha value is -3.48. The largest absolute Gasteiger partial charge is 0.383 e. The lowest BCUT2D eigenvalue weighted by Gasteiger charge is -2.11. The fourth-order valence-corrected chi connectivity index (χ4v) is 3.10. The van der Waals surface area contributed by atoms with Crippen LogP contribution >= 0.6 is 0 Å². The molecule has 0 saturated heterocycles. The number of nitrogens with zero attached hydrogens (tertiary/aromatic N) is 4. The molecule has 0 radical (unpaired) electrons. The summed E-state index contributed by atoms with van der Waals surface area (Å²) in [5.74, 6) is 0.437. The number of anilines is 2. The van der Waals surface area contributed by atoms with Gasteiger partial charge in [-0.3, -0.25) is 0 Å². The zero-order chi connectivity index (χ0) is 19.7. The lowest BCUT2D eigenvalue weighted by molar-refractivity contribution is 0.631. The molecule has 2 heterocycles. The zero-order valence-corrected chi connectivity index (χ0v) is 15.7. The molecule has 0 fully saturated rings. The van der Waals surface area contributed by atoms with Crippen molar-refractivity contribution in [2.45, 2.75) is 26.4 Å². The van der Waals surface area contributed by atoms with Crippen LogP contribution in [0.15, 0.2) is 54.6 Å². The minimum Gasteiger partial charge on any atom is -0.383 e. The maximum atomic E-state index is 14.5. The highest BCUT2D eigenvalue weighted by atomic mass is 19.1. The number of rotatable bonds is 5. The molecule has 7 heteroatoms. The summed E-state index contributed by atoms with van der Waals surface area (Å²) in [4.78, 5) is 9.06. The molecule has 0 aliphatic heterocycles. The number of fused-ring (bicyclic) bond motifs is 1. The number of nitrogens with one attached hydrogen (secondary N) is 1. The Morgan fingerprint density at radius 1 is 1.04 bits per heavy atom. The monoisotopic (exact) mass is 376 g/mol. The van der Waals surface area contributed by atoms with E-state index in [9.17, 15) is 4.39 Å². The highest BCUT2D eigenvalue weighted by molar-refractivity contribution is 5.99. The second-order valence-corrected chi connectivity index (χ2v) is 6.90. The third-order valence-corrected chi connectivity index (χ3v) is 4.36. The van der Waals surface area contributed by atoms with Gasteiger partial charge in [0.05, 0.1) is 17.6 Å². The maximum Gasteiger partial charge on any atom is 0.225 e. The van der Waals surface area contributed by atoms with E-state index in [1.165, 1.54) is 6.07 Å². The van der Waals surface area contributed by atoms with E-state index in [1.807, 2.05) is 44.2 Å². The highest BCUT2D eigenvalue weighted by Gasteiger charge is 2.20. The molecule has 3 N–H and O–H groups in total. The van der Waals surface area contributed by atoms with Crippen LogP contribution in [0.3, 0.4) is 0 Å². The van der Waals surface area contributed by atoms with Gasteiger partial charge in [-0.2, -0.15) is 4.98 Å². The number of nitrogen functional groups attached to an aromatic ring is 1. The number of halogens is 1. The molecule has 0 saturated carbocycles. The Bertz CT molecular complexity index is 1120. The molecule has 6 nitrogen and oxygen atoms in total. The van der Waals surface area contributed by atoms with Gasteiger partial charge in [-0.25, -0.2) is 14.1 Å². The van der Waals surface area contributed by atoms with E-state index >= 15 is 0 Å². The molecule has 0 spiro atoms. The normalized spacial score (nSPS) is 11.3. The highest BCUT2D eigenvalue weighted by Crippen LogP contribution is 2.33. The van der Waals surface area contributed by atoms with Gasteiger partial charge in [0.15, 0.2) is 5.65 Å². The second-order valence-electron chi connectivity index (χ2n) is 6.90. The first-order chi connectivity index (χ1) is 13.5. The molecule has 0 bridgehead atoms. The van der Waals surface area contributed by atoms with Crippen LogP contribution < -0.4 is 11.1 Å². The van der Waals surface area contributed by atoms with Crippen LogP contribution in [0.5, 0.6) is 0 Å². The van der Waals surface area contributed by atoms with Gasteiger partial charge in [0.2, 0.25) is 5.95 Å². The first-order valence-corrected chi connectivity index (χ1v) is 9.12. The molecular formula is C21H21FN6. The van der Waals surface area contributed by atoms with Gasteiger partial charge in [-0.1, -0.05) is 42.5 Å². The Kier molecular flexibility index (Phi) is 4.65. The molecule has 4 aromatic rings. The van der Waals surface area contributed by atoms with Crippen LogP contribution in [0.25, 0.3) is 22.3 Å². The molecule has 0 atom stereocenters. The first-order valence-electron chi connectivity index (χ1n) is 9.12. The molecule has 0 aliphatic rings. The van der Waals surface area contributed by atoms with Gasteiger partial charge in [-0.05, 0) is 31.5 Å². The van der Waals surface area contributed by atoms with Crippen molar-refractivity contribution in [3.8, 4) is 11.3 Å². The van der Waals surface area contributed by atoms with Gasteiger partial charge < -0.3 is 11.1 Å². The average molecular weight is 376 g/mol. The van der Waals surface area contributed by atoms with Gasteiger partial charge >= 0.3 is 0 Å². The Morgan fingerprint density at radius 2 is 1.75 bits per heavy atom. The van der Waals surface area contributed by atoms with E-state index in [1.54, 1.807) is 22.9 Å². The smallest absolute Gasteiger partial charge is 0.225 e. The number of nitrogens with two attached hydrogens (primary N) is 1. The molecule has 2 aromatic heterocycles. The third kappa shape index (κ3) is 3.38. The van der Waals surface area contributed by atoms with Crippen molar-refractivity contribution in [2.75, 3.05) is 11.1 Å². The van der Waals surface area contributed by atoms with Gasteiger partial charge in [0.25, 0.3) is 0 Å². The molecule has 4 rings (SSSR count). The fourth-order valence-electron chi connectivity index (χ4n) is 3.10. The molecule has 0 amide bonds.